The van der Waals surface area contributed by atoms with E-state index in [4.69, 9.17) is 9.47 Å². The Bertz CT molecular complexity index is 1020. The summed E-state index contributed by atoms with van der Waals surface area (Å²) in [7, 11) is 0. The van der Waals surface area contributed by atoms with Gasteiger partial charge in [0.1, 0.15) is 12.4 Å². The van der Waals surface area contributed by atoms with Crippen molar-refractivity contribution in [2.45, 2.75) is 20.0 Å². The lowest BCUT2D eigenvalue weighted by molar-refractivity contribution is 0.0989. The van der Waals surface area contributed by atoms with Crippen LogP contribution in [0.4, 0.5) is 10.1 Å². The number of pyridine rings is 1. The van der Waals surface area contributed by atoms with Crippen LogP contribution in [-0.4, -0.2) is 24.0 Å². The van der Waals surface area contributed by atoms with Crippen molar-refractivity contribution < 1.29 is 18.7 Å². The number of hydrogen-bond donors (Lipinski definition) is 0. The Morgan fingerprint density at radius 1 is 1.14 bits per heavy atom. The summed E-state index contributed by atoms with van der Waals surface area (Å²) in [5.74, 6) is 0.652. The number of fused-ring (bicyclic) bond motifs is 1. The highest BCUT2D eigenvalue weighted by Gasteiger charge is 2.26. The number of anilines is 1. The summed E-state index contributed by atoms with van der Waals surface area (Å²) in [6, 6.07) is 13.5. The van der Waals surface area contributed by atoms with Gasteiger partial charge in [0.15, 0.2) is 11.5 Å². The van der Waals surface area contributed by atoms with Gasteiger partial charge in [-0.1, -0.05) is 6.07 Å². The molecule has 0 radical (unpaired) electrons. The minimum Gasteiger partial charge on any atom is -0.490 e. The Balaban J connectivity index is 1.55. The zero-order valence-electron chi connectivity index (χ0n) is 16.1. The van der Waals surface area contributed by atoms with Crippen LogP contribution in [-0.2, 0) is 13.0 Å². The molecule has 29 heavy (non-hydrogen) atoms. The van der Waals surface area contributed by atoms with Crippen molar-refractivity contribution in [1.29, 1.82) is 0 Å². The molecule has 2 aromatic carbocycles. The normalized spacial score (nSPS) is 12.6. The first kappa shape index (κ1) is 18.9. The molecular formula is C23H21FN2O3. The zero-order valence-corrected chi connectivity index (χ0v) is 16.1. The van der Waals surface area contributed by atoms with Gasteiger partial charge in [0, 0.05) is 35.8 Å². The Kier molecular flexibility index (Phi) is 5.42. The lowest BCUT2D eigenvalue weighted by Crippen LogP contribution is -2.28. The molecule has 0 saturated heterocycles. The average Bonchev–Trinajstić information content (AvgIpc) is 3.16. The lowest BCUT2D eigenvalue weighted by Gasteiger charge is -2.19. The summed E-state index contributed by atoms with van der Waals surface area (Å²) < 4.78 is 25.0. The van der Waals surface area contributed by atoms with Gasteiger partial charge < -0.3 is 14.4 Å². The van der Waals surface area contributed by atoms with Gasteiger partial charge in [-0.15, -0.1) is 0 Å². The highest BCUT2D eigenvalue weighted by Crippen LogP contribution is 2.33. The fourth-order valence-electron chi connectivity index (χ4n) is 3.41. The van der Waals surface area contributed by atoms with Crippen molar-refractivity contribution in [2.24, 2.45) is 0 Å². The second kappa shape index (κ2) is 8.31. The first-order valence-electron chi connectivity index (χ1n) is 9.54. The average molecular weight is 392 g/mol. The van der Waals surface area contributed by atoms with Crippen molar-refractivity contribution in [1.82, 2.24) is 4.98 Å². The Morgan fingerprint density at radius 2 is 2.03 bits per heavy atom. The number of rotatable bonds is 6. The van der Waals surface area contributed by atoms with Crippen LogP contribution in [0.15, 0.2) is 60.9 Å². The summed E-state index contributed by atoms with van der Waals surface area (Å²) in [6.07, 6.45) is 4.09. The molecule has 1 aliphatic heterocycles. The largest absolute Gasteiger partial charge is 0.490 e. The van der Waals surface area contributed by atoms with Crippen molar-refractivity contribution in [3.05, 3.63) is 83.4 Å². The molecule has 0 aliphatic carbocycles. The Hall–Kier alpha value is -3.41. The van der Waals surface area contributed by atoms with Crippen LogP contribution in [0.1, 0.15) is 28.4 Å². The molecule has 2 heterocycles. The maximum absolute atomic E-state index is 13.5. The molecule has 0 bridgehead atoms. The molecule has 0 saturated carbocycles. The van der Waals surface area contributed by atoms with Crippen molar-refractivity contribution in [3.8, 4) is 11.5 Å². The van der Waals surface area contributed by atoms with E-state index in [2.05, 4.69) is 4.98 Å². The molecule has 1 aromatic heterocycles. The van der Waals surface area contributed by atoms with E-state index in [1.807, 2.05) is 19.1 Å². The fourth-order valence-corrected chi connectivity index (χ4v) is 3.41. The van der Waals surface area contributed by atoms with E-state index in [1.165, 1.54) is 12.1 Å². The molecule has 6 heteroatoms. The number of halogens is 1. The highest BCUT2D eigenvalue weighted by molar-refractivity contribution is 6.07. The van der Waals surface area contributed by atoms with E-state index >= 15 is 0 Å². The van der Waals surface area contributed by atoms with E-state index in [-0.39, 0.29) is 11.7 Å². The van der Waals surface area contributed by atoms with Gasteiger partial charge >= 0.3 is 0 Å². The fraction of sp³-hybridized carbons (Fsp3) is 0.217. The maximum atomic E-state index is 13.5. The number of ether oxygens (including phenoxy) is 2. The summed E-state index contributed by atoms with van der Waals surface area (Å²) in [4.78, 5) is 18.8. The van der Waals surface area contributed by atoms with Gasteiger partial charge in [0.2, 0.25) is 0 Å². The van der Waals surface area contributed by atoms with Gasteiger partial charge in [-0.2, -0.15) is 0 Å². The molecule has 0 unspecified atom stereocenters. The van der Waals surface area contributed by atoms with Crippen LogP contribution in [0.2, 0.25) is 0 Å². The molecular weight excluding hydrogens is 371 g/mol. The number of carbonyl (C=O) groups is 1. The van der Waals surface area contributed by atoms with Gasteiger partial charge in [-0.3, -0.25) is 9.78 Å². The van der Waals surface area contributed by atoms with Crippen LogP contribution in [0.5, 0.6) is 11.5 Å². The first-order valence-corrected chi connectivity index (χ1v) is 9.54. The third-order valence-electron chi connectivity index (χ3n) is 4.79. The molecule has 1 aliphatic rings. The number of benzene rings is 2. The first-order chi connectivity index (χ1) is 14.2. The minimum atomic E-state index is -0.285. The number of nitrogens with zero attached hydrogens (tertiary/aromatic N) is 2. The molecule has 5 nitrogen and oxygen atoms in total. The summed E-state index contributed by atoms with van der Waals surface area (Å²) in [5.41, 5.74) is 3.04. The summed E-state index contributed by atoms with van der Waals surface area (Å²) >= 11 is 0. The predicted octanol–water partition coefficient (Wildman–Crippen LogP) is 4.40. The molecule has 0 spiro atoms. The molecule has 4 rings (SSSR count). The molecule has 0 fully saturated rings. The molecule has 3 aromatic rings. The third kappa shape index (κ3) is 4.06. The third-order valence-corrected chi connectivity index (χ3v) is 4.79. The standard InChI is InChI=1S/C23H21FN2O3/c1-2-28-22-13-18(5-8-21(22)29-15-16-4-3-10-25-14-16)23(27)26-11-9-17-12-19(24)6-7-20(17)26/h3-8,10,12-14H,2,9,11,15H2,1H3. The quantitative estimate of drug-likeness (QED) is 0.624. The maximum Gasteiger partial charge on any atom is 0.258 e. The molecule has 0 N–H and O–H groups in total. The lowest BCUT2D eigenvalue weighted by atomic mass is 10.1. The van der Waals surface area contributed by atoms with Crippen LogP contribution < -0.4 is 14.4 Å². The molecule has 0 atom stereocenters. The second-order valence-corrected chi connectivity index (χ2v) is 6.72. The highest BCUT2D eigenvalue weighted by atomic mass is 19.1. The summed E-state index contributed by atoms with van der Waals surface area (Å²) in [5, 5.41) is 0. The molecule has 148 valence electrons. The van der Waals surface area contributed by atoms with Crippen molar-refractivity contribution in [2.75, 3.05) is 18.1 Å². The van der Waals surface area contributed by atoms with Crippen molar-refractivity contribution in [3.63, 3.8) is 0 Å². The van der Waals surface area contributed by atoms with Crippen LogP contribution in [0.25, 0.3) is 0 Å². The number of carbonyl (C=O) groups excluding carboxylic acids is 1. The van der Waals surface area contributed by atoms with Crippen molar-refractivity contribution >= 4 is 11.6 Å². The zero-order chi connectivity index (χ0) is 20.2. The van der Waals surface area contributed by atoms with Gasteiger partial charge in [0.05, 0.1) is 6.61 Å². The van der Waals surface area contributed by atoms with Gasteiger partial charge in [0.25, 0.3) is 5.91 Å². The molecule has 1 amide bonds. The van der Waals surface area contributed by atoms with Gasteiger partial charge in [-0.25, -0.2) is 4.39 Å². The minimum absolute atomic E-state index is 0.143. The smallest absolute Gasteiger partial charge is 0.258 e. The Labute approximate surface area is 168 Å². The van der Waals surface area contributed by atoms with E-state index in [9.17, 15) is 9.18 Å². The Morgan fingerprint density at radius 3 is 2.83 bits per heavy atom. The number of aromatic nitrogens is 1. The van der Waals surface area contributed by atoms with Crippen LogP contribution in [0, 0.1) is 5.82 Å². The van der Waals surface area contributed by atoms with Gasteiger partial charge in [-0.05, 0) is 61.4 Å². The monoisotopic (exact) mass is 392 g/mol. The number of hydrogen-bond acceptors (Lipinski definition) is 4. The van der Waals surface area contributed by atoms with E-state index in [0.717, 1.165) is 16.8 Å². The topological polar surface area (TPSA) is 51.7 Å². The predicted molar refractivity (Wildman–Crippen MR) is 108 cm³/mol. The second-order valence-electron chi connectivity index (χ2n) is 6.72. The van der Waals surface area contributed by atoms with Crippen LogP contribution >= 0.6 is 0 Å². The SMILES string of the molecule is CCOc1cc(C(=O)N2CCc3cc(F)ccc32)ccc1OCc1cccnc1. The number of amides is 1. The van der Waals surface area contributed by atoms with E-state index in [1.54, 1.807) is 41.6 Å². The van der Waals surface area contributed by atoms with Crippen LogP contribution in [0.3, 0.4) is 0 Å². The van der Waals surface area contributed by atoms with E-state index < -0.39 is 0 Å². The summed E-state index contributed by atoms with van der Waals surface area (Å²) in [6.45, 7) is 3.21. The van der Waals surface area contributed by atoms with E-state index in [0.29, 0.717) is 43.2 Å².